The second-order valence-electron chi connectivity index (χ2n) is 4.70. The van der Waals surface area contributed by atoms with Crippen LogP contribution < -0.4 is 0 Å². The van der Waals surface area contributed by atoms with Crippen LogP contribution >= 0.6 is 0 Å². The van der Waals surface area contributed by atoms with E-state index in [9.17, 15) is 0 Å². The standard InChI is InChI=1S/C16H16N2O/c17-10-13(11-18)9-14-5-1-2-6-15(14)12-19-16-7-3-4-8-16/h1-2,5-6,9,16H,3-4,7-8,12H2. The molecule has 3 heteroatoms. The first-order valence-corrected chi connectivity index (χ1v) is 6.55. The fourth-order valence-corrected chi connectivity index (χ4v) is 2.31. The summed E-state index contributed by atoms with van der Waals surface area (Å²) in [6.45, 7) is 0.543. The zero-order valence-electron chi connectivity index (χ0n) is 10.8. The minimum atomic E-state index is 0.119. The van der Waals surface area contributed by atoms with Crippen molar-refractivity contribution >= 4 is 6.08 Å². The number of hydrogen-bond donors (Lipinski definition) is 0. The summed E-state index contributed by atoms with van der Waals surface area (Å²) < 4.78 is 5.88. The number of nitrogens with zero attached hydrogens (tertiary/aromatic N) is 2. The van der Waals surface area contributed by atoms with Crippen LogP contribution in [0.3, 0.4) is 0 Å². The first-order chi connectivity index (χ1) is 9.33. The number of hydrogen-bond acceptors (Lipinski definition) is 3. The fourth-order valence-electron chi connectivity index (χ4n) is 2.31. The molecule has 1 aliphatic carbocycles. The van der Waals surface area contributed by atoms with Crippen molar-refractivity contribution in [3.05, 3.63) is 41.0 Å². The molecule has 0 unspecified atom stereocenters. The number of ether oxygens (including phenoxy) is 1. The van der Waals surface area contributed by atoms with Gasteiger partial charge in [0.25, 0.3) is 0 Å². The molecular formula is C16H16N2O. The van der Waals surface area contributed by atoms with Gasteiger partial charge in [0.15, 0.2) is 0 Å². The molecule has 0 amide bonds. The van der Waals surface area contributed by atoms with Gasteiger partial charge < -0.3 is 4.74 Å². The van der Waals surface area contributed by atoms with Gasteiger partial charge >= 0.3 is 0 Å². The Morgan fingerprint density at radius 3 is 2.58 bits per heavy atom. The summed E-state index contributed by atoms with van der Waals surface area (Å²) in [5, 5.41) is 17.6. The Balaban J connectivity index is 2.10. The Bertz CT molecular complexity index is 527. The van der Waals surface area contributed by atoms with Crippen LogP contribution in [0.5, 0.6) is 0 Å². The molecule has 0 aliphatic heterocycles. The van der Waals surface area contributed by atoms with Gasteiger partial charge in [-0.25, -0.2) is 0 Å². The molecule has 2 rings (SSSR count). The molecule has 0 bridgehead atoms. The summed E-state index contributed by atoms with van der Waals surface area (Å²) in [5.41, 5.74) is 2.03. The van der Waals surface area contributed by atoms with E-state index in [1.54, 1.807) is 6.08 Å². The highest BCUT2D eigenvalue weighted by atomic mass is 16.5. The Kier molecular flexibility index (Phi) is 4.72. The van der Waals surface area contributed by atoms with Crippen LogP contribution in [0.2, 0.25) is 0 Å². The first-order valence-electron chi connectivity index (χ1n) is 6.55. The molecule has 1 saturated carbocycles. The molecule has 1 aliphatic rings. The monoisotopic (exact) mass is 252 g/mol. The van der Waals surface area contributed by atoms with Crippen molar-refractivity contribution in [3.8, 4) is 12.1 Å². The third kappa shape index (κ3) is 3.68. The average molecular weight is 252 g/mol. The Hall–Kier alpha value is -2.10. The second kappa shape index (κ2) is 6.73. The van der Waals surface area contributed by atoms with Crippen LogP contribution in [-0.4, -0.2) is 6.10 Å². The smallest absolute Gasteiger partial charge is 0.130 e. The maximum Gasteiger partial charge on any atom is 0.130 e. The van der Waals surface area contributed by atoms with Gasteiger partial charge in [0.1, 0.15) is 17.7 Å². The summed E-state index contributed by atoms with van der Waals surface area (Å²) in [7, 11) is 0. The first kappa shape index (κ1) is 13.3. The van der Waals surface area contributed by atoms with Crippen molar-refractivity contribution in [1.29, 1.82) is 10.5 Å². The van der Waals surface area contributed by atoms with E-state index < -0.39 is 0 Å². The topological polar surface area (TPSA) is 56.8 Å². The molecule has 0 aromatic heterocycles. The molecule has 0 atom stereocenters. The average Bonchev–Trinajstić information content (AvgIpc) is 2.97. The molecule has 0 radical (unpaired) electrons. The van der Waals surface area contributed by atoms with Crippen molar-refractivity contribution in [1.82, 2.24) is 0 Å². The van der Waals surface area contributed by atoms with Crippen LogP contribution in [0.25, 0.3) is 6.08 Å². The molecule has 96 valence electrons. The predicted octanol–water partition coefficient (Wildman–Crippen LogP) is 3.58. The molecule has 19 heavy (non-hydrogen) atoms. The molecule has 0 N–H and O–H groups in total. The Morgan fingerprint density at radius 1 is 1.21 bits per heavy atom. The van der Waals surface area contributed by atoms with Gasteiger partial charge in [0, 0.05) is 0 Å². The van der Waals surface area contributed by atoms with Crippen LogP contribution in [0, 0.1) is 22.7 Å². The largest absolute Gasteiger partial charge is 0.374 e. The molecule has 0 heterocycles. The lowest BCUT2D eigenvalue weighted by Crippen LogP contribution is -2.07. The molecule has 1 fully saturated rings. The van der Waals surface area contributed by atoms with Gasteiger partial charge in [-0.2, -0.15) is 10.5 Å². The predicted molar refractivity (Wildman–Crippen MR) is 72.7 cm³/mol. The van der Waals surface area contributed by atoms with Gasteiger partial charge in [0.2, 0.25) is 0 Å². The van der Waals surface area contributed by atoms with Gasteiger partial charge in [-0.3, -0.25) is 0 Å². The van der Waals surface area contributed by atoms with Crippen molar-refractivity contribution < 1.29 is 4.74 Å². The molecule has 1 aromatic carbocycles. The van der Waals surface area contributed by atoms with Gasteiger partial charge in [0.05, 0.1) is 12.7 Å². The SMILES string of the molecule is N#CC(C#N)=Cc1ccccc1COC1CCCC1. The lowest BCUT2D eigenvalue weighted by molar-refractivity contribution is 0.0456. The summed E-state index contributed by atoms with van der Waals surface area (Å²) >= 11 is 0. The number of allylic oxidation sites excluding steroid dienone is 1. The molecule has 0 spiro atoms. The highest BCUT2D eigenvalue weighted by Crippen LogP contribution is 2.23. The maximum absolute atomic E-state index is 8.81. The lowest BCUT2D eigenvalue weighted by atomic mass is 10.1. The van der Waals surface area contributed by atoms with Gasteiger partial charge in [-0.1, -0.05) is 37.1 Å². The highest BCUT2D eigenvalue weighted by Gasteiger charge is 2.15. The van der Waals surface area contributed by atoms with Crippen LogP contribution in [-0.2, 0) is 11.3 Å². The highest BCUT2D eigenvalue weighted by molar-refractivity contribution is 5.64. The lowest BCUT2D eigenvalue weighted by Gasteiger charge is -2.12. The summed E-state index contributed by atoms with van der Waals surface area (Å²) in [4.78, 5) is 0. The molecule has 3 nitrogen and oxygen atoms in total. The quantitative estimate of drug-likeness (QED) is 0.769. The Morgan fingerprint density at radius 2 is 1.89 bits per heavy atom. The Labute approximate surface area is 113 Å². The van der Waals surface area contributed by atoms with E-state index in [2.05, 4.69) is 0 Å². The number of nitriles is 2. The van der Waals surface area contributed by atoms with E-state index >= 15 is 0 Å². The van der Waals surface area contributed by atoms with Crippen molar-refractivity contribution in [3.63, 3.8) is 0 Å². The maximum atomic E-state index is 8.81. The third-order valence-corrected chi connectivity index (χ3v) is 3.37. The molecule has 1 aromatic rings. The normalized spacial score (nSPS) is 14.6. The van der Waals surface area contributed by atoms with E-state index in [0.29, 0.717) is 12.7 Å². The number of rotatable bonds is 4. The zero-order valence-corrected chi connectivity index (χ0v) is 10.8. The summed E-state index contributed by atoms with van der Waals surface area (Å²) in [6.07, 6.45) is 6.76. The van der Waals surface area contributed by atoms with Crippen molar-refractivity contribution in [2.75, 3.05) is 0 Å². The second-order valence-corrected chi connectivity index (χ2v) is 4.70. The number of benzene rings is 1. The van der Waals surface area contributed by atoms with E-state index in [-0.39, 0.29) is 5.57 Å². The van der Waals surface area contributed by atoms with E-state index in [1.807, 2.05) is 36.4 Å². The van der Waals surface area contributed by atoms with Crippen molar-refractivity contribution in [2.24, 2.45) is 0 Å². The van der Waals surface area contributed by atoms with Gasteiger partial charge in [-0.05, 0) is 30.0 Å². The van der Waals surface area contributed by atoms with Crippen molar-refractivity contribution in [2.45, 2.75) is 38.4 Å². The third-order valence-electron chi connectivity index (χ3n) is 3.37. The van der Waals surface area contributed by atoms with E-state index in [1.165, 1.54) is 12.8 Å². The molecular weight excluding hydrogens is 236 g/mol. The molecule has 0 saturated heterocycles. The fraction of sp³-hybridized carbons (Fsp3) is 0.375. The van der Waals surface area contributed by atoms with Crippen LogP contribution in [0.1, 0.15) is 36.8 Å². The van der Waals surface area contributed by atoms with E-state index in [0.717, 1.165) is 24.0 Å². The van der Waals surface area contributed by atoms with Gasteiger partial charge in [-0.15, -0.1) is 0 Å². The zero-order chi connectivity index (χ0) is 13.5. The summed E-state index contributed by atoms with van der Waals surface area (Å²) in [6, 6.07) is 11.5. The minimum absolute atomic E-state index is 0.119. The minimum Gasteiger partial charge on any atom is -0.374 e. The van der Waals surface area contributed by atoms with E-state index in [4.69, 9.17) is 15.3 Å². The summed E-state index contributed by atoms with van der Waals surface area (Å²) in [5.74, 6) is 0. The van der Waals surface area contributed by atoms with Crippen LogP contribution in [0.15, 0.2) is 29.8 Å². The van der Waals surface area contributed by atoms with Crippen LogP contribution in [0.4, 0.5) is 0 Å².